The highest BCUT2D eigenvalue weighted by molar-refractivity contribution is 5.76. The highest BCUT2D eigenvalue weighted by Gasteiger charge is 2.20. The van der Waals surface area contributed by atoms with Crippen molar-refractivity contribution in [1.82, 2.24) is 5.32 Å². The second-order valence-corrected chi connectivity index (χ2v) is 21.4. The Labute approximate surface area is 431 Å². The van der Waals surface area contributed by atoms with E-state index in [1.165, 1.54) is 257 Å². The van der Waals surface area contributed by atoms with Crippen molar-refractivity contribution >= 4 is 11.9 Å². The molecule has 0 aromatic rings. The Morgan fingerprint density at radius 3 is 1.10 bits per heavy atom. The van der Waals surface area contributed by atoms with E-state index in [2.05, 4.69) is 43.5 Å². The molecular formula is C63H121NO5. The fourth-order valence-corrected chi connectivity index (χ4v) is 9.77. The molecule has 6 heteroatoms. The number of aliphatic hydroxyl groups is 2. The normalized spacial score (nSPS) is 12.7. The summed E-state index contributed by atoms with van der Waals surface area (Å²) in [7, 11) is 0. The first-order valence-corrected chi connectivity index (χ1v) is 31.1. The number of carbonyl (C=O) groups is 2. The maximum atomic E-state index is 12.5. The van der Waals surface area contributed by atoms with Gasteiger partial charge in [0.1, 0.15) is 0 Å². The molecule has 0 aromatic heterocycles. The van der Waals surface area contributed by atoms with Gasteiger partial charge in [0, 0.05) is 12.8 Å². The van der Waals surface area contributed by atoms with Crippen LogP contribution in [0.4, 0.5) is 0 Å². The Bertz CT molecular complexity index is 1080. The molecule has 0 bridgehead atoms. The molecule has 1 amide bonds. The lowest BCUT2D eigenvalue weighted by atomic mass is 10.0. The molecule has 2 atom stereocenters. The minimum Gasteiger partial charge on any atom is -0.465 e. The summed E-state index contributed by atoms with van der Waals surface area (Å²) in [6.07, 6.45) is 72.0. The van der Waals surface area contributed by atoms with Crippen LogP contribution in [0.3, 0.4) is 0 Å². The van der Waals surface area contributed by atoms with Gasteiger partial charge in [-0.2, -0.15) is 0 Å². The molecule has 6 nitrogen and oxygen atoms in total. The van der Waals surface area contributed by atoms with Crippen molar-refractivity contribution in [3.8, 4) is 0 Å². The molecule has 0 aliphatic heterocycles. The van der Waals surface area contributed by atoms with Crippen molar-refractivity contribution < 1.29 is 24.5 Å². The van der Waals surface area contributed by atoms with E-state index in [0.29, 0.717) is 25.9 Å². The number of unbranched alkanes of at least 4 members (excludes halogenated alkanes) is 43. The molecule has 0 radical (unpaired) electrons. The lowest BCUT2D eigenvalue weighted by molar-refractivity contribution is -0.143. The summed E-state index contributed by atoms with van der Waals surface area (Å²) in [6, 6.07) is -0.545. The van der Waals surface area contributed by atoms with Gasteiger partial charge in [0.2, 0.25) is 5.91 Å². The number of amides is 1. The highest BCUT2D eigenvalue weighted by atomic mass is 16.5. The molecule has 0 aliphatic rings. The van der Waals surface area contributed by atoms with Crippen molar-refractivity contribution in [1.29, 1.82) is 0 Å². The molecule has 0 saturated heterocycles. The molecular weight excluding hydrogens is 851 g/mol. The average Bonchev–Trinajstić information content (AvgIpc) is 3.35. The fraction of sp³-hybridized carbons (Fsp3) is 0.905. The van der Waals surface area contributed by atoms with Gasteiger partial charge in [-0.25, -0.2) is 0 Å². The maximum Gasteiger partial charge on any atom is 0.305 e. The second-order valence-electron chi connectivity index (χ2n) is 21.4. The summed E-state index contributed by atoms with van der Waals surface area (Å²) in [4.78, 5) is 24.5. The van der Waals surface area contributed by atoms with Crippen molar-refractivity contribution in [2.45, 2.75) is 353 Å². The minimum absolute atomic E-state index is 0.0313. The zero-order valence-electron chi connectivity index (χ0n) is 46.6. The SMILES string of the molecule is CCCCCCCCCCCCCCCCCCC(=O)OCC/C=C\C/C=C\CCCCCCCCCCCCCCCCC(=O)NC(CO)C(O)CCCCCCCCCCCCCCCCC. The van der Waals surface area contributed by atoms with E-state index in [1.54, 1.807) is 0 Å². The molecule has 0 aliphatic carbocycles. The molecule has 408 valence electrons. The zero-order valence-corrected chi connectivity index (χ0v) is 46.6. The van der Waals surface area contributed by atoms with Gasteiger partial charge >= 0.3 is 5.97 Å². The summed E-state index contributed by atoms with van der Waals surface area (Å²) in [5.41, 5.74) is 0. The monoisotopic (exact) mass is 972 g/mol. The third-order valence-electron chi connectivity index (χ3n) is 14.5. The van der Waals surface area contributed by atoms with Crippen LogP contribution >= 0.6 is 0 Å². The Hall–Kier alpha value is -1.66. The van der Waals surface area contributed by atoms with Gasteiger partial charge in [-0.05, 0) is 44.9 Å². The molecule has 2 unspecified atom stereocenters. The first-order valence-electron chi connectivity index (χ1n) is 31.1. The molecule has 0 rings (SSSR count). The minimum atomic E-state index is -0.667. The number of ether oxygens (including phenoxy) is 1. The highest BCUT2D eigenvalue weighted by Crippen LogP contribution is 2.18. The van der Waals surface area contributed by atoms with Crippen molar-refractivity contribution in [3.05, 3.63) is 24.3 Å². The van der Waals surface area contributed by atoms with Crippen molar-refractivity contribution in [2.24, 2.45) is 0 Å². The third-order valence-corrected chi connectivity index (χ3v) is 14.5. The average molecular weight is 973 g/mol. The molecule has 0 heterocycles. The van der Waals surface area contributed by atoms with Crippen LogP contribution < -0.4 is 5.32 Å². The van der Waals surface area contributed by atoms with Gasteiger partial charge in [0.15, 0.2) is 0 Å². The Morgan fingerprint density at radius 1 is 0.406 bits per heavy atom. The van der Waals surface area contributed by atoms with Crippen LogP contribution in [0.2, 0.25) is 0 Å². The fourth-order valence-electron chi connectivity index (χ4n) is 9.77. The largest absolute Gasteiger partial charge is 0.465 e. The van der Waals surface area contributed by atoms with Crippen LogP contribution in [-0.4, -0.2) is 47.4 Å². The first-order chi connectivity index (χ1) is 34.0. The van der Waals surface area contributed by atoms with E-state index in [4.69, 9.17) is 4.74 Å². The summed E-state index contributed by atoms with van der Waals surface area (Å²) in [5, 5.41) is 23.3. The Kier molecular flexibility index (Phi) is 57.5. The molecule has 3 N–H and O–H groups in total. The summed E-state index contributed by atoms with van der Waals surface area (Å²) in [5.74, 6) is -0.0690. The number of aliphatic hydroxyl groups excluding tert-OH is 2. The second kappa shape index (κ2) is 58.9. The predicted octanol–water partition coefficient (Wildman–Crippen LogP) is 19.4. The van der Waals surface area contributed by atoms with Crippen LogP contribution in [0.5, 0.6) is 0 Å². The van der Waals surface area contributed by atoms with Crippen LogP contribution in [0.1, 0.15) is 341 Å². The van der Waals surface area contributed by atoms with Crippen LogP contribution in [0, 0.1) is 0 Å². The molecule has 0 spiro atoms. The molecule has 0 saturated carbocycles. The smallest absolute Gasteiger partial charge is 0.305 e. The Balaban J connectivity index is 3.43. The standard InChI is InChI=1S/C63H121NO5/c1-3-5-7-9-11-13-15-17-19-29-33-37-41-45-49-53-57-63(68)69-58-54-50-46-42-38-34-30-26-24-22-20-21-23-25-28-32-36-40-44-48-52-56-62(67)64-60(59-65)61(66)55-51-47-43-39-35-31-27-18-16-14-12-10-8-6-4-2/h34,38,46,50,60-61,65-66H,3-33,35-37,39-45,47-49,51-59H2,1-2H3,(H,64,67)/b38-34-,50-46-. The summed E-state index contributed by atoms with van der Waals surface area (Å²) in [6.45, 7) is 4.87. The van der Waals surface area contributed by atoms with E-state index < -0.39 is 12.1 Å². The van der Waals surface area contributed by atoms with Crippen LogP contribution in [0.25, 0.3) is 0 Å². The van der Waals surface area contributed by atoms with Gasteiger partial charge in [0.05, 0.1) is 25.4 Å². The zero-order chi connectivity index (χ0) is 50.0. The van der Waals surface area contributed by atoms with E-state index in [0.717, 1.165) is 51.4 Å². The summed E-state index contributed by atoms with van der Waals surface area (Å²) >= 11 is 0. The van der Waals surface area contributed by atoms with Crippen molar-refractivity contribution in [2.75, 3.05) is 13.2 Å². The van der Waals surface area contributed by atoms with Gasteiger partial charge in [-0.3, -0.25) is 9.59 Å². The van der Waals surface area contributed by atoms with Gasteiger partial charge in [0.25, 0.3) is 0 Å². The van der Waals surface area contributed by atoms with E-state index in [9.17, 15) is 19.8 Å². The quantitative estimate of drug-likeness (QED) is 0.0321. The first kappa shape index (κ1) is 67.3. The topological polar surface area (TPSA) is 95.9 Å². The number of hydrogen-bond acceptors (Lipinski definition) is 5. The van der Waals surface area contributed by atoms with E-state index in [1.807, 2.05) is 0 Å². The lowest BCUT2D eigenvalue weighted by Crippen LogP contribution is -2.45. The maximum absolute atomic E-state index is 12.5. The number of allylic oxidation sites excluding steroid dienone is 3. The Morgan fingerprint density at radius 2 is 0.725 bits per heavy atom. The third kappa shape index (κ3) is 55.5. The van der Waals surface area contributed by atoms with Gasteiger partial charge in [-0.1, -0.05) is 308 Å². The molecule has 0 fully saturated rings. The van der Waals surface area contributed by atoms with Crippen LogP contribution in [0.15, 0.2) is 24.3 Å². The molecule has 69 heavy (non-hydrogen) atoms. The van der Waals surface area contributed by atoms with E-state index in [-0.39, 0.29) is 18.5 Å². The number of rotatable bonds is 58. The summed E-state index contributed by atoms with van der Waals surface area (Å²) < 4.78 is 5.43. The predicted molar refractivity (Wildman–Crippen MR) is 301 cm³/mol. The number of esters is 1. The lowest BCUT2D eigenvalue weighted by Gasteiger charge is -2.22. The number of hydrogen-bond donors (Lipinski definition) is 3. The number of carbonyl (C=O) groups excluding carboxylic acids is 2. The van der Waals surface area contributed by atoms with Gasteiger partial charge < -0.3 is 20.3 Å². The van der Waals surface area contributed by atoms with Crippen LogP contribution in [-0.2, 0) is 14.3 Å². The number of nitrogens with one attached hydrogen (secondary N) is 1. The molecule has 0 aromatic carbocycles. The van der Waals surface area contributed by atoms with Crippen molar-refractivity contribution in [3.63, 3.8) is 0 Å². The van der Waals surface area contributed by atoms with Gasteiger partial charge in [-0.15, -0.1) is 0 Å². The van der Waals surface area contributed by atoms with E-state index >= 15 is 0 Å².